The SMILES string of the molecule is COc1cccc2c1C(=O)c1c(O)c3c(c(O)c1C2=O)CC(O)(C(=O)CO)CC3OC1CC(O)C(F)C(C)O1. The van der Waals surface area contributed by atoms with Crippen molar-refractivity contribution in [3.63, 3.8) is 0 Å². The summed E-state index contributed by atoms with van der Waals surface area (Å²) < 4.78 is 30.7. The van der Waals surface area contributed by atoms with Crippen LogP contribution in [0.4, 0.5) is 4.39 Å². The van der Waals surface area contributed by atoms with E-state index in [2.05, 4.69) is 0 Å². The maximum Gasteiger partial charge on any atom is 0.202 e. The first-order chi connectivity index (χ1) is 18.4. The quantitative estimate of drug-likeness (QED) is 0.288. The van der Waals surface area contributed by atoms with Gasteiger partial charge in [-0.15, -0.1) is 0 Å². The summed E-state index contributed by atoms with van der Waals surface area (Å²) in [6.07, 6.45) is -8.41. The molecule has 5 rings (SSSR count). The van der Waals surface area contributed by atoms with Gasteiger partial charge in [0.1, 0.15) is 29.5 Å². The van der Waals surface area contributed by atoms with Crippen LogP contribution in [-0.4, -0.2) is 86.9 Å². The molecule has 0 bridgehead atoms. The third-order valence-electron chi connectivity index (χ3n) is 7.67. The van der Waals surface area contributed by atoms with Crippen LogP contribution in [0.15, 0.2) is 18.2 Å². The van der Waals surface area contributed by atoms with Gasteiger partial charge in [-0.25, -0.2) is 4.39 Å². The van der Waals surface area contributed by atoms with Crippen molar-refractivity contribution < 1.29 is 58.5 Å². The number of aromatic hydroxyl groups is 2. The van der Waals surface area contributed by atoms with Crippen LogP contribution >= 0.6 is 0 Å². The molecule has 1 fully saturated rings. The largest absolute Gasteiger partial charge is 0.507 e. The summed E-state index contributed by atoms with van der Waals surface area (Å²) in [5.74, 6) is -4.01. The molecule has 2 aromatic rings. The number of carbonyl (C=O) groups is 3. The standard InChI is InChI=1S/C27H27FO11/c1-10-22(28)13(30)6-17(38-10)39-15-8-27(36,16(31)9-29)7-12-19(15)26(35)21-20(24(12)33)23(32)11-4-3-5-14(37-2)18(11)25(21)34/h3-5,10,13,15,17,22,29-30,33,35-36H,6-9H2,1-2H3. The summed E-state index contributed by atoms with van der Waals surface area (Å²) in [6.45, 7) is 0.318. The van der Waals surface area contributed by atoms with Gasteiger partial charge in [-0.2, -0.15) is 0 Å². The Balaban J connectivity index is 1.69. The molecule has 12 heteroatoms. The van der Waals surface area contributed by atoms with Gasteiger partial charge >= 0.3 is 0 Å². The monoisotopic (exact) mass is 546 g/mol. The summed E-state index contributed by atoms with van der Waals surface area (Å²) in [5, 5.41) is 53.5. The Morgan fingerprint density at radius 1 is 1.15 bits per heavy atom. The Bertz CT molecular complexity index is 1380. The highest BCUT2D eigenvalue weighted by Crippen LogP contribution is 2.52. The second-order valence-corrected chi connectivity index (χ2v) is 10.0. The molecular weight excluding hydrogens is 519 g/mol. The average Bonchev–Trinajstić information content (AvgIpc) is 2.90. The van der Waals surface area contributed by atoms with Gasteiger partial charge in [0.2, 0.25) is 5.78 Å². The molecule has 6 unspecified atom stereocenters. The predicted molar refractivity (Wildman–Crippen MR) is 129 cm³/mol. The number of hydrogen-bond acceptors (Lipinski definition) is 11. The van der Waals surface area contributed by atoms with Crippen molar-refractivity contribution in [1.82, 2.24) is 0 Å². The second kappa shape index (κ2) is 9.65. The zero-order valence-corrected chi connectivity index (χ0v) is 21.0. The number of fused-ring (bicyclic) bond motifs is 3. The van der Waals surface area contributed by atoms with Crippen LogP contribution in [0.2, 0.25) is 0 Å². The highest BCUT2D eigenvalue weighted by molar-refractivity contribution is 6.31. The Morgan fingerprint density at radius 2 is 1.85 bits per heavy atom. The van der Waals surface area contributed by atoms with E-state index in [1.54, 1.807) is 0 Å². The maximum atomic E-state index is 14.1. The number of aliphatic hydroxyl groups excluding tert-OH is 2. The topological polar surface area (TPSA) is 180 Å². The van der Waals surface area contributed by atoms with Gasteiger partial charge in [0.05, 0.1) is 42.1 Å². The fourth-order valence-corrected chi connectivity index (χ4v) is 5.68. The highest BCUT2D eigenvalue weighted by atomic mass is 19.1. The Kier molecular flexibility index (Phi) is 6.72. The first-order valence-electron chi connectivity index (χ1n) is 12.3. The number of carbonyl (C=O) groups excluding carboxylic acids is 3. The number of halogens is 1. The van der Waals surface area contributed by atoms with Crippen molar-refractivity contribution in [1.29, 1.82) is 0 Å². The van der Waals surface area contributed by atoms with E-state index in [9.17, 15) is 44.3 Å². The molecule has 0 saturated carbocycles. The van der Waals surface area contributed by atoms with Crippen LogP contribution in [0.5, 0.6) is 17.2 Å². The molecule has 0 spiro atoms. The van der Waals surface area contributed by atoms with Gasteiger partial charge in [-0.05, 0) is 13.0 Å². The summed E-state index contributed by atoms with van der Waals surface area (Å²) >= 11 is 0. The van der Waals surface area contributed by atoms with Gasteiger partial charge in [0.25, 0.3) is 0 Å². The van der Waals surface area contributed by atoms with E-state index in [0.717, 1.165) is 0 Å². The summed E-state index contributed by atoms with van der Waals surface area (Å²) in [5.41, 5.74) is -3.95. The molecule has 1 aliphatic heterocycles. The number of ether oxygens (including phenoxy) is 3. The molecule has 1 saturated heterocycles. The minimum Gasteiger partial charge on any atom is -0.507 e. The third kappa shape index (κ3) is 4.10. The zero-order chi connectivity index (χ0) is 28.4. The highest BCUT2D eigenvalue weighted by Gasteiger charge is 2.50. The molecule has 0 radical (unpaired) electrons. The molecule has 39 heavy (non-hydrogen) atoms. The fourth-order valence-electron chi connectivity index (χ4n) is 5.68. The van der Waals surface area contributed by atoms with E-state index in [1.165, 1.54) is 32.2 Å². The van der Waals surface area contributed by atoms with Crippen molar-refractivity contribution in [2.45, 2.75) is 62.6 Å². The van der Waals surface area contributed by atoms with Crippen molar-refractivity contribution in [3.05, 3.63) is 51.6 Å². The van der Waals surface area contributed by atoms with Crippen LogP contribution in [0, 0.1) is 0 Å². The molecule has 1 heterocycles. The van der Waals surface area contributed by atoms with Crippen LogP contribution in [0.25, 0.3) is 0 Å². The van der Waals surface area contributed by atoms with Crippen molar-refractivity contribution >= 4 is 17.3 Å². The van der Waals surface area contributed by atoms with E-state index in [0.29, 0.717) is 0 Å². The average molecular weight is 547 g/mol. The van der Waals surface area contributed by atoms with Gasteiger partial charge in [0, 0.05) is 36.0 Å². The number of rotatable bonds is 5. The molecule has 2 aromatic carbocycles. The van der Waals surface area contributed by atoms with Crippen LogP contribution in [0.3, 0.4) is 0 Å². The first kappa shape index (κ1) is 27.2. The van der Waals surface area contributed by atoms with Gasteiger partial charge in [-0.3, -0.25) is 14.4 Å². The smallest absolute Gasteiger partial charge is 0.202 e. The molecular formula is C27H27FO11. The number of methoxy groups -OCH3 is 1. The maximum absolute atomic E-state index is 14.1. The van der Waals surface area contributed by atoms with Crippen molar-refractivity contribution in [2.75, 3.05) is 13.7 Å². The van der Waals surface area contributed by atoms with E-state index in [4.69, 9.17) is 14.2 Å². The number of ketones is 3. The second-order valence-electron chi connectivity index (χ2n) is 10.0. The Morgan fingerprint density at radius 3 is 2.49 bits per heavy atom. The lowest BCUT2D eigenvalue weighted by atomic mass is 9.72. The lowest BCUT2D eigenvalue weighted by molar-refractivity contribution is -0.256. The number of phenolic OH excluding ortho intramolecular Hbond substituents is 2. The van der Waals surface area contributed by atoms with E-state index in [-0.39, 0.29) is 34.4 Å². The minimum atomic E-state index is -2.30. The third-order valence-corrected chi connectivity index (χ3v) is 7.67. The zero-order valence-electron chi connectivity index (χ0n) is 21.0. The van der Waals surface area contributed by atoms with Gasteiger partial charge < -0.3 is 39.7 Å². The van der Waals surface area contributed by atoms with Gasteiger partial charge in [-0.1, -0.05) is 12.1 Å². The Labute approximate surface area is 221 Å². The number of alkyl halides is 1. The normalized spacial score (nSPS) is 29.8. The number of benzene rings is 2. The van der Waals surface area contributed by atoms with Crippen LogP contribution < -0.4 is 4.74 Å². The summed E-state index contributed by atoms with van der Waals surface area (Å²) in [4.78, 5) is 39.6. The van der Waals surface area contributed by atoms with Crippen molar-refractivity contribution in [2.24, 2.45) is 0 Å². The van der Waals surface area contributed by atoms with E-state index >= 15 is 0 Å². The van der Waals surface area contributed by atoms with Crippen LogP contribution in [-0.2, 0) is 20.7 Å². The lowest BCUT2D eigenvalue weighted by Crippen LogP contribution is -2.49. The van der Waals surface area contributed by atoms with Crippen molar-refractivity contribution in [3.8, 4) is 17.2 Å². The number of Topliss-reactive ketones (excluding diaryl/α,β-unsaturated/α-hetero) is 1. The molecule has 0 amide bonds. The molecule has 11 nitrogen and oxygen atoms in total. The van der Waals surface area contributed by atoms with Crippen LogP contribution in [0.1, 0.15) is 68.8 Å². The number of aliphatic hydroxyl groups is 3. The Hall–Kier alpha value is -3.42. The summed E-state index contributed by atoms with van der Waals surface area (Å²) in [7, 11) is 1.30. The molecule has 0 aromatic heterocycles. The molecule has 208 valence electrons. The predicted octanol–water partition coefficient (Wildman–Crippen LogP) is 1.01. The minimum absolute atomic E-state index is 0.0724. The van der Waals surface area contributed by atoms with E-state index in [1.807, 2.05) is 0 Å². The lowest BCUT2D eigenvalue weighted by Gasteiger charge is -2.41. The molecule has 3 aliphatic rings. The molecule has 5 N–H and O–H groups in total. The van der Waals surface area contributed by atoms with E-state index < -0.39 is 95.8 Å². The fraction of sp³-hybridized carbons (Fsp3) is 0.444. The number of phenols is 2. The number of hydrogen-bond donors (Lipinski definition) is 5. The first-order valence-corrected chi connectivity index (χ1v) is 12.3. The van der Waals surface area contributed by atoms with Gasteiger partial charge in [0.15, 0.2) is 24.0 Å². The molecule has 2 aliphatic carbocycles. The summed E-state index contributed by atoms with van der Waals surface area (Å²) in [6, 6.07) is 4.30. The molecule has 6 atom stereocenters.